The lowest BCUT2D eigenvalue weighted by Crippen LogP contribution is -1.96. The molecule has 0 unspecified atom stereocenters. The lowest BCUT2D eigenvalue weighted by molar-refractivity contribution is -0.130. The number of benzene rings is 2. The van der Waals surface area contributed by atoms with Crippen molar-refractivity contribution in [2.45, 2.75) is 6.92 Å². The summed E-state index contributed by atoms with van der Waals surface area (Å²) in [6.07, 6.45) is 3.31. The third kappa shape index (κ3) is 3.50. The van der Waals surface area contributed by atoms with Crippen LogP contribution < -0.4 is 0 Å². The van der Waals surface area contributed by atoms with Crippen LogP contribution in [0.5, 0.6) is 0 Å². The van der Waals surface area contributed by atoms with Crippen molar-refractivity contribution in [3.63, 3.8) is 0 Å². The smallest absolute Gasteiger partial charge is 0.343 e. The zero-order valence-corrected chi connectivity index (χ0v) is 15.0. The summed E-state index contributed by atoms with van der Waals surface area (Å²) in [5, 5.41) is 8.97. The molecule has 5 heteroatoms. The van der Waals surface area contributed by atoms with Gasteiger partial charge in [-0.05, 0) is 43.3 Å². The lowest BCUT2D eigenvalue weighted by Gasteiger charge is -2.01. The van der Waals surface area contributed by atoms with Crippen molar-refractivity contribution < 1.29 is 23.8 Å². The summed E-state index contributed by atoms with van der Waals surface area (Å²) in [5.41, 5.74) is 3.32. The average molecular weight is 372 g/mol. The molecule has 0 saturated carbocycles. The fourth-order valence-corrected chi connectivity index (χ4v) is 2.86. The lowest BCUT2D eigenvalue weighted by atomic mass is 10.1. The van der Waals surface area contributed by atoms with Gasteiger partial charge in [0.15, 0.2) is 0 Å². The molecule has 0 bridgehead atoms. The molecule has 1 aromatic heterocycles. The Balaban J connectivity index is 1.58. The first-order valence-electron chi connectivity index (χ1n) is 8.66. The summed E-state index contributed by atoms with van der Waals surface area (Å²) in [4.78, 5) is 23.1. The Kier molecular flexibility index (Phi) is 4.41. The Bertz CT molecular complexity index is 1110. The van der Waals surface area contributed by atoms with Crippen LogP contribution in [0.1, 0.15) is 27.2 Å². The first-order chi connectivity index (χ1) is 13.5. The zero-order valence-electron chi connectivity index (χ0n) is 15.0. The van der Waals surface area contributed by atoms with E-state index in [2.05, 4.69) is 0 Å². The van der Waals surface area contributed by atoms with Gasteiger partial charge in [0.05, 0.1) is 11.1 Å². The summed E-state index contributed by atoms with van der Waals surface area (Å²) >= 11 is 0. The van der Waals surface area contributed by atoms with Gasteiger partial charge in [-0.2, -0.15) is 0 Å². The topological polar surface area (TPSA) is 76.7 Å². The minimum Gasteiger partial charge on any atom is -0.478 e. The van der Waals surface area contributed by atoms with Crippen molar-refractivity contribution in [1.82, 2.24) is 0 Å². The maximum atomic E-state index is 12.2. The molecule has 0 spiro atoms. The van der Waals surface area contributed by atoms with Crippen LogP contribution in [0, 0.1) is 6.92 Å². The van der Waals surface area contributed by atoms with Crippen molar-refractivity contribution in [2.24, 2.45) is 0 Å². The predicted octanol–water partition coefficient (Wildman–Crippen LogP) is 4.93. The van der Waals surface area contributed by atoms with E-state index in [-0.39, 0.29) is 5.56 Å². The van der Waals surface area contributed by atoms with E-state index in [0.717, 1.165) is 16.7 Å². The molecule has 0 saturated heterocycles. The summed E-state index contributed by atoms with van der Waals surface area (Å²) < 4.78 is 11.1. The van der Waals surface area contributed by atoms with Crippen LogP contribution in [0.25, 0.3) is 23.2 Å². The molecule has 2 heterocycles. The highest BCUT2D eigenvalue weighted by atomic mass is 16.5. The Morgan fingerprint density at radius 2 is 1.61 bits per heavy atom. The van der Waals surface area contributed by atoms with Gasteiger partial charge in [0.2, 0.25) is 0 Å². The maximum Gasteiger partial charge on any atom is 0.343 e. The number of ether oxygens (including phenoxy) is 1. The molecule has 1 N–H and O–H groups in total. The van der Waals surface area contributed by atoms with E-state index < -0.39 is 11.9 Å². The first-order valence-corrected chi connectivity index (χ1v) is 8.66. The fraction of sp³-hybridized carbons (Fsp3) is 0.0435. The molecule has 0 fully saturated rings. The predicted molar refractivity (Wildman–Crippen MR) is 104 cm³/mol. The van der Waals surface area contributed by atoms with Crippen LogP contribution in [0.4, 0.5) is 0 Å². The first kappa shape index (κ1) is 17.5. The van der Waals surface area contributed by atoms with Crippen molar-refractivity contribution >= 4 is 23.8 Å². The molecule has 0 radical (unpaired) electrons. The Morgan fingerprint density at radius 3 is 2.29 bits per heavy atom. The van der Waals surface area contributed by atoms with Crippen LogP contribution in [0.3, 0.4) is 0 Å². The van der Waals surface area contributed by atoms with Gasteiger partial charge < -0.3 is 14.3 Å². The number of carboxylic acid groups (broad SMARTS) is 1. The normalized spacial score (nSPS) is 14.8. The minimum absolute atomic E-state index is 0.208. The Hall–Kier alpha value is -3.86. The molecule has 0 aliphatic carbocycles. The molecule has 3 aromatic rings. The molecular formula is C23H16O5. The molecule has 4 rings (SSSR count). The second-order valence-electron chi connectivity index (χ2n) is 6.45. The molecule has 138 valence electrons. The maximum absolute atomic E-state index is 12.2. The molecule has 0 atom stereocenters. The number of furan rings is 1. The van der Waals surface area contributed by atoms with Gasteiger partial charge in [-0.15, -0.1) is 0 Å². The van der Waals surface area contributed by atoms with Crippen LogP contribution in [-0.4, -0.2) is 17.0 Å². The number of rotatable bonds is 4. The fourth-order valence-electron chi connectivity index (χ4n) is 2.86. The van der Waals surface area contributed by atoms with E-state index in [0.29, 0.717) is 22.9 Å². The molecule has 1 aliphatic heterocycles. The van der Waals surface area contributed by atoms with Gasteiger partial charge in [-0.3, -0.25) is 0 Å². The number of cyclic esters (lactones) is 1. The number of esters is 1. The summed E-state index contributed by atoms with van der Waals surface area (Å²) in [6, 6.07) is 17.6. The summed E-state index contributed by atoms with van der Waals surface area (Å²) in [5.74, 6) is 0.183. The third-order valence-corrected chi connectivity index (χ3v) is 4.40. The number of hydrogen-bond donors (Lipinski definition) is 1. The molecule has 0 amide bonds. The number of carbonyl (C=O) groups excluding carboxylic acids is 1. The molecule has 5 nitrogen and oxygen atoms in total. The molecule has 2 aromatic carbocycles. The van der Waals surface area contributed by atoms with Crippen LogP contribution >= 0.6 is 0 Å². The number of hydrogen-bond acceptors (Lipinski definition) is 4. The SMILES string of the molecule is Cc1ccc(C2=C/C(=C\c3ccc(-c4ccc(C(=O)O)cc4)o3)C(=O)O2)cc1. The Morgan fingerprint density at radius 1 is 0.929 bits per heavy atom. The molecular weight excluding hydrogens is 356 g/mol. The van der Waals surface area contributed by atoms with Gasteiger partial charge in [0.25, 0.3) is 0 Å². The monoisotopic (exact) mass is 372 g/mol. The van der Waals surface area contributed by atoms with E-state index in [9.17, 15) is 9.59 Å². The summed E-state index contributed by atoms with van der Waals surface area (Å²) in [6.45, 7) is 1.99. The van der Waals surface area contributed by atoms with Crippen LogP contribution in [0.15, 0.2) is 76.7 Å². The van der Waals surface area contributed by atoms with Crippen molar-refractivity contribution in [2.75, 3.05) is 0 Å². The van der Waals surface area contributed by atoms with E-state index >= 15 is 0 Å². The highest BCUT2D eigenvalue weighted by Crippen LogP contribution is 2.29. The largest absolute Gasteiger partial charge is 0.478 e. The van der Waals surface area contributed by atoms with Crippen molar-refractivity contribution in [1.29, 1.82) is 0 Å². The van der Waals surface area contributed by atoms with E-state index in [4.69, 9.17) is 14.3 Å². The van der Waals surface area contributed by atoms with E-state index in [1.54, 1.807) is 36.4 Å². The third-order valence-electron chi connectivity index (χ3n) is 4.40. The highest BCUT2D eigenvalue weighted by Gasteiger charge is 2.22. The second kappa shape index (κ2) is 7.04. The standard InChI is InChI=1S/C23H16O5/c1-14-2-4-16(5-3-14)21-13-18(23(26)28-21)12-19-10-11-20(27-19)15-6-8-17(9-7-15)22(24)25/h2-13H,1H3,(H,24,25)/b18-12+. The van der Waals surface area contributed by atoms with Gasteiger partial charge in [-0.25, -0.2) is 9.59 Å². The van der Waals surface area contributed by atoms with E-state index in [1.807, 2.05) is 31.2 Å². The number of carboxylic acids is 1. The van der Waals surface area contributed by atoms with Gasteiger partial charge in [0, 0.05) is 11.1 Å². The minimum atomic E-state index is -0.979. The Labute approximate surface area is 161 Å². The number of aryl methyl sites for hydroxylation is 1. The van der Waals surface area contributed by atoms with E-state index in [1.165, 1.54) is 12.1 Å². The number of carbonyl (C=O) groups is 2. The average Bonchev–Trinajstić information content (AvgIpc) is 3.30. The summed E-state index contributed by atoms with van der Waals surface area (Å²) in [7, 11) is 0. The van der Waals surface area contributed by atoms with Gasteiger partial charge >= 0.3 is 11.9 Å². The zero-order chi connectivity index (χ0) is 19.7. The van der Waals surface area contributed by atoms with Gasteiger partial charge in [-0.1, -0.05) is 42.0 Å². The number of aromatic carboxylic acids is 1. The molecule has 28 heavy (non-hydrogen) atoms. The van der Waals surface area contributed by atoms with Crippen molar-refractivity contribution in [3.8, 4) is 11.3 Å². The van der Waals surface area contributed by atoms with Crippen LogP contribution in [-0.2, 0) is 9.53 Å². The van der Waals surface area contributed by atoms with Gasteiger partial charge in [0.1, 0.15) is 17.3 Å². The van der Waals surface area contributed by atoms with Crippen molar-refractivity contribution in [3.05, 3.63) is 94.8 Å². The highest BCUT2D eigenvalue weighted by molar-refractivity contribution is 6.04. The second-order valence-corrected chi connectivity index (χ2v) is 6.45. The van der Waals surface area contributed by atoms with Crippen LogP contribution in [0.2, 0.25) is 0 Å². The quantitative estimate of drug-likeness (QED) is 0.519. The molecule has 1 aliphatic rings.